The average molecular weight is 285 g/mol. The quantitative estimate of drug-likeness (QED) is 0.844. The molecule has 2 atom stereocenters. The zero-order valence-electron chi connectivity index (χ0n) is 11.4. The third kappa shape index (κ3) is 2.91. The van der Waals surface area contributed by atoms with E-state index in [-0.39, 0.29) is 17.1 Å². The lowest BCUT2D eigenvalue weighted by atomic mass is 10.3. The Morgan fingerprint density at radius 3 is 2.37 bits per heavy atom. The monoisotopic (exact) mass is 285 g/mol. The van der Waals surface area contributed by atoms with Crippen LogP contribution in [-0.2, 0) is 14.8 Å². The van der Waals surface area contributed by atoms with E-state index < -0.39 is 10.0 Å². The molecule has 19 heavy (non-hydrogen) atoms. The van der Waals surface area contributed by atoms with E-state index in [0.29, 0.717) is 18.8 Å². The van der Waals surface area contributed by atoms with Crippen molar-refractivity contribution in [3.05, 3.63) is 24.3 Å². The van der Waals surface area contributed by atoms with E-state index in [1.54, 1.807) is 24.3 Å². The molecule has 1 fully saturated rings. The van der Waals surface area contributed by atoms with Crippen molar-refractivity contribution in [2.75, 3.05) is 20.2 Å². The molecule has 1 heterocycles. The number of ether oxygens (including phenoxy) is 2. The number of para-hydroxylation sites is 1. The van der Waals surface area contributed by atoms with Gasteiger partial charge in [0, 0.05) is 13.1 Å². The minimum absolute atomic E-state index is 0.103. The van der Waals surface area contributed by atoms with Crippen LogP contribution in [0.25, 0.3) is 0 Å². The van der Waals surface area contributed by atoms with Crippen molar-refractivity contribution in [1.82, 2.24) is 4.31 Å². The highest BCUT2D eigenvalue weighted by molar-refractivity contribution is 7.89. The van der Waals surface area contributed by atoms with Gasteiger partial charge in [0.1, 0.15) is 10.6 Å². The maximum Gasteiger partial charge on any atom is 0.246 e. The van der Waals surface area contributed by atoms with Crippen LogP contribution < -0.4 is 4.74 Å². The van der Waals surface area contributed by atoms with Gasteiger partial charge in [-0.15, -0.1) is 0 Å². The van der Waals surface area contributed by atoms with E-state index in [0.717, 1.165) is 0 Å². The molecule has 0 aliphatic carbocycles. The van der Waals surface area contributed by atoms with Crippen molar-refractivity contribution in [2.24, 2.45) is 0 Å². The molecule has 0 saturated carbocycles. The molecule has 0 amide bonds. The molecule has 0 N–H and O–H groups in total. The molecule has 1 aliphatic rings. The Balaban J connectivity index is 2.36. The molecular weight excluding hydrogens is 266 g/mol. The Hall–Kier alpha value is -1.11. The van der Waals surface area contributed by atoms with E-state index in [2.05, 4.69) is 0 Å². The topological polar surface area (TPSA) is 55.8 Å². The molecule has 1 aromatic carbocycles. The van der Waals surface area contributed by atoms with Crippen molar-refractivity contribution in [3.8, 4) is 5.75 Å². The number of nitrogens with zero attached hydrogens (tertiary/aromatic N) is 1. The maximum absolute atomic E-state index is 12.6. The highest BCUT2D eigenvalue weighted by Gasteiger charge is 2.33. The van der Waals surface area contributed by atoms with E-state index in [4.69, 9.17) is 9.47 Å². The largest absolute Gasteiger partial charge is 0.495 e. The number of methoxy groups -OCH3 is 1. The first-order valence-electron chi connectivity index (χ1n) is 6.23. The Kier molecular flexibility index (Phi) is 4.13. The van der Waals surface area contributed by atoms with Gasteiger partial charge in [0.2, 0.25) is 10.0 Å². The summed E-state index contributed by atoms with van der Waals surface area (Å²) < 4.78 is 37.5. The third-order valence-corrected chi connectivity index (χ3v) is 4.94. The van der Waals surface area contributed by atoms with Crippen LogP contribution in [0, 0.1) is 0 Å². The first kappa shape index (κ1) is 14.3. The van der Waals surface area contributed by atoms with Gasteiger partial charge in [-0.2, -0.15) is 4.31 Å². The van der Waals surface area contributed by atoms with Gasteiger partial charge in [-0.3, -0.25) is 0 Å². The van der Waals surface area contributed by atoms with Crippen LogP contribution in [0.3, 0.4) is 0 Å². The Morgan fingerprint density at radius 1 is 1.21 bits per heavy atom. The number of hydrogen-bond donors (Lipinski definition) is 0. The lowest BCUT2D eigenvalue weighted by Gasteiger charge is -2.34. The van der Waals surface area contributed by atoms with E-state index >= 15 is 0 Å². The predicted molar refractivity (Wildman–Crippen MR) is 71.8 cm³/mol. The Bertz CT molecular complexity index is 533. The fraction of sp³-hybridized carbons (Fsp3) is 0.538. The zero-order valence-corrected chi connectivity index (χ0v) is 12.2. The third-order valence-electron chi connectivity index (χ3n) is 3.07. The van der Waals surface area contributed by atoms with Crippen LogP contribution in [-0.4, -0.2) is 45.1 Å². The lowest BCUT2D eigenvalue weighted by molar-refractivity contribution is -0.0441. The van der Waals surface area contributed by atoms with Crippen LogP contribution >= 0.6 is 0 Å². The maximum atomic E-state index is 12.6. The van der Waals surface area contributed by atoms with Crippen molar-refractivity contribution < 1.29 is 17.9 Å². The molecule has 1 saturated heterocycles. The van der Waals surface area contributed by atoms with Gasteiger partial charge in [0.05, 0.1) is 19.3 Å². The second-order valence-corrected chi connectivity index (χ2v) is 6.64. The Morgan fingerprint density at radius 2 is 1.79 bits per heavy atom. The molecule has 1 aromatic rings. The minimum atomic E-state index is -3.54. The van der Waals surface area contributed by atoms with Crippen molar-refractivity contribution in [1.29, 1.82) is 0 Å². The fourth-order valence-electron chi connectivity index (χ4n) is 2.30. The summed E-state index contributed by atoms with van der Waals surface area (Å²) >= 11 is 0. The molecule has 5 nitrogen and oxygen atoms in total. The predicted octanol–water partition coefficient (Wildman–Crippen LogP) is 1.49. The van der Waals surface area contributed by atoms with Crippen LogP contribution in [0.2, 0.25) is 0 Å². The molecular formula is C13H19NO4S. The van der Waals surface area contributed by atoms with Crippen LogP contribution in [0.1, 0.15) is 13.8 Å². The SMILES string of the molecule is COc1ccccc1S(=O)(=O)N1C[C@H](C)O[C@@H](C)C1. The summed E-state index contributed by atoms with van der Waals surface area (Å²) in [5, 5.41) is 0. The zero-order chi connectivity index (χ0) is 14.0. The summed E-state index contributed by atoms with van der Waals surface area (Å²) in [6.45, 7) is 4.48. The molecule has 1 aliphatic heterocycles. The van der Waals surface area contributed by atoms with Crippen molar-refractivity contribution in [3.63, 3.8) is 0 Å². The van der Waals surface area contributed by atoms with Gasteiger partial charge < -0.3 is 9.47 Å². The van der Waals surface area contributed by atoms with Gasteiger partial charge in [-0.05, 0) is 26.0 Å². The molecule has 0 aromatic heterocycles. The van der Waals surface area contributed by atoms with Crippen molar-refractivity contribution in [2.45, 2.75) is 31.0 Å². The molecule has 0 spiro atoms. The summed E-state index contributed by atoms with van der Waals surface area (Å²) in [4.78, 5) is 0.207. The molecule has 2 rings (SSSR count). The van der Waals surface area contributed by atoms with E-state index in [1.165, 1.54) is 11.4 Å². The highest BCUT2D eigenvalue weighted by Crippen LogP contribution is 2.28. The van der Waals surface area contributed by atoms with Gasteiger partial charge in [-0.1, -0.05) is 12.1 Å². The minimum Gasteiger partial charge on any atom is -0.495 e. The summed E-state index contributed by atoms with van der Waals surface area (Å²) in [5.41, 5.74) is 0. The number of rotatable bonds is 3. The Labute approximate surface area is 114 Å². The molecule has 0 radical (unpaired) electrons. The first-order chi connectivity index (χ1) is 8.95. The smallest absolute Gasteiger partial charge is 0.246 e. The van der Waals surface area contributed by atoms with E-state index in [9.17, 15) is 8.42 Å². The second kappa shape index (κ2) is 5.48. The molecule has 106 valence electrons. The van der Waals surface area contributed by atoms with Crippen LogP contribution in [0.5, 0.6) is 5.75 Å². The number of hydrogen-bond acceptors (Lipinski definition) is 4. The summed E-state index contributed by atoms with van der Waals surface area (Å²) in [6, 6.07) is 6.67. The second-order valence-electron chi connectivity index (χ2n) is 4.73. The molecule has 0 bridgehead atoms. The number of morpholine rings is 1. The summed E-state index contributed by atoms with van der Waals surface area (Å²) in [5.74, 6) is 0.370. The van der Waals surface area contributed by atoms with E-state index in [1.807, 2.05) is 13.8 Å². The van der Waals surface area contributed by atoms with Crippen LogP contribution in [0.4, 0.5) is 0 Å². The summed E-state index contributed by atoms with van der Waals surface area (Å²) in [6.07, 6.45) is -0.207. The highest BCUT2D eigenvalue weighted by atomic mass is 32.2. The van der Waals surface area contributed by atoms with Gasteiger partial charge >= 0.3 is 0 Å². The van der Waals surface area contributed by atoms with Crippen LogP contribution in [0.15, 0.2) is 29.2 Å². The number of benzene rings is 1. The fourth-order valence-corrected chi connectivity index (χ4v) is 4.04. The van der Waals surface area contributed by atoms with Gasteiger partial charge in [0.15, 0.2) is 0 Å². The van der Waals surface area contributed by atoms with Crippen molar-refractivity contribution >= 4 is 10.0 Å². The molecule has 0 unspecified atom stereocenters. The van der Waals surface area contributed by atoms with Gasteiger partial charge in [0.25, 0.3) is 0 Å². The normalized spacial score (nSPS) is 25.2. The standard InChI is InChI=1S/C13H19NO4S/c1-10-8-14(9-11(2)18-10)19(15,16)13-7-5-4-6-12(13)17-3/h4-7,10-11H,8-9H2,1-3H3/t10-,11-/m0/s1. The first-order valence-corrected chi connectivity index (χ1v) is 7.67. The average Bonchev–Trinajstić information content (AvgIpc) is 2.37. The number of sulfonamides is 1. The molecule has 6 heteroatoms. The summed E-state index contributed by atoms with van der Waals surface area (Å²) in [7, 11) is -2.07. The lowest BCUT2D eigenvalue weighted by Crippen LogP contribution is -2.48. The van der Waals surface area contributed by atoms with Gasteiger partial charge in [-0.25, -0.2) is 8.42 Å².